The average Bonchev–Trinajstić information content (AvgIpc) is 2.55. The Hall–Kier alpha value is -2.31. The fourth-order valence-corrected chi connectivity index (χ4v) is 3.79. The second-order valence-corrected chi connectivity index (χ2v) is 7.21. The Balaban J connectivity index is 2.26. The number of aromatic amines is 1. The van der Waals surface area contributed by atoms with Gasteiger partial charge >= 0.3 is 0 Å². The van der Waals surface area contributed by atoms with Gasteiger partial charge in [0.05, 0.1) is 12.0 Å². The van der Waals surface area contributed by atoms with Crippen LogP contribution in [0.3, 0.4) is 0 Å². The van der Waals surface area contributed by atoms with E-state index in [9.17, 15) is 13.2 Å². The first-order chi connectivity index (χ1) is 10.9. The molecule has 0 spiro atoms. The average molecular weight is 350 g/mol. The Bertz CT molecular complexity index is 1060. The number of benzene rings is 2. The molecule has 7 heteroatoms. The van der Waals surface area contributed by atoms with Crippen LogP contribution in [0.25, 0.3) is 10.9 Å². The second-order valence-electron chi connectivity index (χ2n) is 4.85. The normalized spacial score (nSPS) is 11.6. The molecule has 0 radical (unpaired) electrons. The number of halogens is 1. The molecule has 1 aromatic heterocycles. The van der Waals surface area contributed by atoms with E-state index in [-0.39, 0.29) is 15.2 Å². The van der Waals surface area contributed by atoms with Gasteiger partial charge in [0.2, 0.25) is 15.3 Å². The number of nitrogens with one attached hydrogen (secondary N) is 1. The highest BCUT2D eigenvalue weighted by Gasteiger charge is 2.23. The zero-order valence-corrected chi connectivity index (χ0v) is 13.6. The summed E-state index contributed by atoms with van der Waals surface area (Å²) < 4.78 is 30.5. The van der Waals surface area contributed by atoms with Gasteiger partial charge in [-0.1, -0.05) is 17.7 Å². The largest absolute Gasteiger partial charge is 0.497 e. The first-order valence-electron chi connectivity index (χ1n) is 6.63. The third-order valence-electron chi connectivity index (χ3n) is 3.45. The summed E-state index contributed by atoms with van der Waals surface area (Å²) in [5.41, 5.74) is -0.0759. The Labute approximate surface area is 137 Å². The minimum Gasteiger partial charge on any atom is -0.497 e. The monoisotopic (exact) mass is 349 g/mol. The Morgan fingerprint density at radius 3 is 2.65 bits per heavy atom. The minimum atomic E-state index is -3.97. The molecule has 0 bridgehead atoms. The van der Waals surface area contributed by atoms with Crippen molar-refractivity contribution >= 4 is 32.3 Å². The topological polar surface area (TPSA) is 76.2 Å². The number of pyridine rings is 1. The first-order valence-corrected chi connectivity index (χ1v) is 8.49. The van der Waals surface area contributed by atoms with Crippen LogP contribution in [-0.4, -0.2) is 20.5 Å². The maximum Gasteiger partial charge on any atom is 0.212 e. The van der Waals surface area contributed by atoms with Gasteiger partial charge in [-0.3, -0.25) is 4.79 Å². The van der Waals surface area contributed by atoms with E-state index in [0.29, 0.717) is 16.3 Å². The summed E-state index contributed by atoms with van der Waals surface area (Å²) >= 11 is 5.90. The van der Waals surface area contributed by atoms with Gasteiger partial charge in [-0.05, 0) is 36.4 Å². The molecular weight excluding hydrogens is 338 g/mol. The van der Waals surface area contributed by atoms with Gasteiger partial charge in [-0.15, -0.1) is 0 Å². The summed E-state index contributed by atoms with van der Waals surface area (Å²) in [6, 6.07) is 10.7. The Morgan fingerprint density at radius 1 is 1.13 bits per heavy atom. The van der Waals surface area contributed by atoms with Gasteiger partial charge in [0.25, 0.3) is 0 Å². The van der Waals surface area contributed by atoms with E-state index in [1.807, 2.05) is 0 Å². The smallest absolute Gasteiger partial charge is 0.212 e. The lowest BCUT2D eigenvalue weighted by Gasteiger charge is -2.07. The summed E-state index contributed by atoms with van der Waals surface area (Å²) in [5, 5.41) is 0.584. The first kappa shape index (κ1) is 15.6. The van der Waals surface area contributed by atoms with Crippen molar-refractivity contribution < 1.29 is 13.2 Å². The number of fused-ring (bicyclic) bond motifs is 1. The van der Waals surface area contributed by atoms with E-state index in [1.54, 1.807) is 24.3 Å². The molecule has 0 saturated carbocycles. The van der Waals surface area contributed by atoms with Crippen molar-refractivity contribution in [2.24, 2.45) is 0 Å². The summed E-state index contributed by atoms with van der Waals surface area (Å²) in [6.45, 7) is 0. The van der Waals surface area contributed by atoms with Crippen LogP contribution in [0.1, 0.15) is 0 Å². The molecule has 5 nitrogen and oxygen atoms in total. The fourth-order valence-electron chi connectivity index (χ4n) is 2.27. The van der Waals surface area contributed by atoms with E-state index in [1.165, 1.54) is 31.5 Å². The highest BCUT2D eigenvalue weighted by atomic mass is 35.5. The Morgan fingerprint density at radius 2 is 1.91 bits per heavy atom. The number of rotatable bonds is 3. The maximum absolute atomic E-state index is 12.7. The van der Waals surface area contributed by atoms with Crippen LogP contribution in [-0.2, 0) is 9.84 Å². The van der Waals surface area contributed by atoms with Crippen LogP contribution in [0.5, 0.6) is 5.75 Å². The van der Waals surface area contributed by atoms with Gasteiger partial charge in [-0.2, -0.15) is 0 Å². The maximum atomic E-state index is 12.7. The molecule has 1 heterocycles. The van der Waals surface area contributed by atoms with Crippen molar-refractivity contribution in [3.05, 3.63) is 63.9 Å². The summed E-state index contributed by atoms with van der Waals surface area (Å²) in [6.07, 6.45) is 1.20. The molecule has 0 aliphatic rings. The number of hydrogen-bond donors (Lipinski definition) is 1. The lowest BCUT2D eigenvalue weighted by molar-refractivity contribution is 0.413. The molecule has 0 amide bonds. The number of hydrogen-bond acceptors (Lipinski definition) is 4. The van der Waals surface area contributed by atoms with Crippen LogP contribution >= 0.6 is 11.6 Å². The van der Waals surface area contributed by atoms with Crippen molar-refractivity contribution in [2.45, 2.75) is 9.79 Å². The van der Waals surface area contributed by atoms with Crippen molar-refractivity contribution in [3.8, 4) is 5.75 Å². The standard InChI is InChI=1S/C16H12ClNO4S/c1-22-11-3-2-4-12(8-11)23(20,21)15-9-18-14-6-5-10(17)7-13(14)16(15)19/h2-9H,1H3,(H,18,19). The molecule has 118 valence electrons. The quantitative estimate of drug-likeness (QED) is 0.788. The van der Waals surface area contributed by atoms with Gasteiger partial charge in [0.15, 0.2) is 0 Å². The Kier molecular flexibility index (Phi) is 3.87. The lowest BCUT2D eigenvalue weighted by atomic mass is 10.2. The predicted molar refractivity (Wildman–Crippen MR) is 88.0 cm³/mol. The van der Waals surface area contributed by atoms with Gasteiger partial charge in [0, 0.05) is 22.1 Å². The molecule has 23 heavy (non-hydrogen) atoms. The number of aromatic nitrogens is 1. The molecule has 0 atom stereocenters. The molecule has 0 aliphatic heterocycles. The van der Waals surface area contributed by atoms with E-state index in [2.05, 4.69) is 4.98 Å². The second kappa shape index (κ2) is 5.72. The van der Waals surface area contributed by atoms with Crippen molar-refractivity contribution in [1.82, 2.24) is 4.98 Å². The van der Waals surface area contributed by atoms with Gasteiger partial charge in [0.1, 0.15) is 10.6 Å². The van der Waals surface area contributed by atoms with Crippen molar-refractivity contribution in [2.75, 3.05) is 7.11 Å². The van der Waals surface area contributed by atoms with Crippen molar-refractivity contribution in [3.63, 3.8) is 0 Å². The number of H-pyrrole nitrogens is 1. The molecule has 3 aromatic rings. The zero-order valence-electron chi connectivity index (χ0n) is 12.0. The molecule has 0 fully saturated rings. The third kappa shape index (κ3) is 2.71. The molecule has 1 N–H and O–H groups in total. The third-order valence-corrected chi connectivity index (χ3v) is 5.44. The van der Waals surface area contributed by atoms with E-state index in [0.717, 1.165) is 0 Å². The molecule has 0 unspecified atom stereocenters. The van der Waals surface area contributed by atoms with E-state index < -0.39 is 15.3 Å². The highest BCUT2D eigenvalue weighted by molar-refractivity contribution is 7.91. The number of sulfone groups is 1. The SMILES string of the molecule is COc1cccc(S(=O)(=O)c2c[nH]c3ccc(Cl)cc3c2=O)c1. The molecule has 2 aromatic carbocycles. The van der Waals surface area contributed by atoms with Gasteiger partial charge in [-0.25, -0.2) is 8.42 Å². The fraction of sp³-hybridized carbons (Fsp3) is 0.0625. The predicted octanol–water partition coefficient (Wildman–Crippen LogP) is 3.02. The molecule has 0 saturated heterocycles. The van der Waals surface area contributed by atoms with Crippen LogP contribution in [0.2, 0.25) is 5.02 Å². The van der Waals surface area contributed by atoms with Crippen LogP contribution in [0, 0.1) is 0 Å². The van der Waals surface area contributed by atoms with Crippen LogP contribution in [0.15, 0.2) is 63.2 Å². The minimum absolute atomic E-state index is 0.0104. The van der Waals surface area contributed by atoms with E-state index >= 15 is 0 Å². The lowest BCUT2D eigenvalue weighted by Crippen LogP contribution is -2.16. The van der Waals surface area contributed by atoms with Crippen LogP contribution < -0.4 is 10.2 Å². The van der Waals surface area contributed by atoms with Crippen molar-refractivity contribution in [1.29, 1.82) is 0 Å². The van der Waals surface area contributed by atoms with E-state index in [4.69, 9.17) is 16.3 Å². The summed E-state index contributed by atoms with van der Waals surface area (Å²) in [7, 11) is -2.53. The molecular formula is C16H12ClNO4S. The number of methoxy groups -OCH3 is 1. The zero-order chi connectivity index (χ0) is 16.6. The van der Waals surface area contributed by atoms with Gasteiger partial charge < -0.3 is 9.72 Å². The van der Waals surface area contributed by atoms with Crippen LogP contribution in [0.4, 0.5) is 0 Å². The summed E-state index contributed by atoms with van der Waals surface area (Å²) in [5.74, 6) is 0.395. The highest BCUT2D eigenvalue weighted by Crippen LogP contribution is 2.23. The summed E-state index contributed by atoms with van der Waals surface area (Å²) in [4.78, 5) is 15.0. The molecule has 3 rings (SSSR count). The number of ether oxygens (including phenoxy) is 1. The molecule has 0 aliphatic carbocycles.